The van der Waals surface area contributed by atoms with Crippen LogP contribution in [0.4, 0.5) is 16.2 Å². The number of hydrogen-bond donors (Lipinski definition) is 1. The third-order valence-corrected chi connectivity index (χ3v) is 8.04. The van der Waals surface area contributed by atoms with Crippen molar-refractivity contribution in [3.63, 3.8) is 0 Å². The van der Waals surface area contributed by atoms with Crippen molar-refractivity contribution in [2.75, 3.05) is 37.3 Å². The lowest BCUT2D eigenvalue weighted by atomic mass is 9.79. The molecule has 0 saturated carbocycles. The van der Waals surface area contributed by atoms with Crippen LogP contribution in [0, 0.1) is 28.4 Å². The molecule has 232 valence electrons. The van der Waals surface area contributed by atoms with Crippen molar-refractivity contribution in [3.05, 3.63) is 85.4 Å². The summed E-state index contributed by atoms with van der Waals surface area (Å²) in [5.74, 6) is -0.552. The van der Waals surface area contributed by atoms with Gasteiger partial charge in [0.1, 0.15) is 5.60 Å². The zero-order valence-corrected chi connectivity index (χ0v) is 26.6. The largest absolute Gasteiger partial charge is 0.444 e. The summed E-state index contributed by atoms with van der Waals surface area (Å²) in [7, 11) is 0. The molecular weight excluding hydrogens is 582 g/mol. The number of piperazine rings is 1. The predicted molar refractivity (Wildman–Crippen MR) is 169 cm³/mol. The number of ether oxygens (including phenoxy) is 1. The molecule has 1 N–H and O–H groups in total. The minimum absolute atomic E-state index is 0.0219. The lowest BCUT2D eigenvalue weighted by molar-refractivity contribution is -0.385. The predicted octanol–water partition coefficient (Wildman–Crippen LogP) is 5.98. The van der Waals surface area contributed by atoms with Crippen molar-refractivity contribution >= 4 is 41.1 Å². The van der Waals surface area contributed by atoms with Gasteiger partial charge in [0, 0.05) is 49.2 Å². The number of carbonyl (C=O) groups excluding carboxylic acids is 3. The molecule has 2 heterocycles. The van der Waals surface area contributed by atoms with Crippen molar-refractivity contribution in [1.29, 1.82) is 5.26 Å². The first-order valence-corrected chi connectivity index (χ1v) is 15.4. The molecule has 0 bridgehead atoms. The van der Waals surface area contributed by atoms with Gasteiger partial charge in [0.2, 0.25) is 0 Å². The Labute approximate surface area is 261 Å². The average Bonchev–Trinajstić information content (AvgIpc) is 2.99. The Morgan fingerprint density at radius 3 is 2.25 bits per heavy atom. The van der Waals surface area contributed by atoms with E-state index >= 15 is 0 Å². The number of nitrogens with zero attached hydrogens (tertiary/aromatic N) is 4. The minimum atomic E-state index is -0.572. The number of dihydropyridines is 1. The molecule has 12 heteroatoms. The van der Waals surface area contributed by atoms with Crippen LogP contribution in [-0.4, -0.2) is 60.1 Å². The van der Waals surface area contributed by atoms with Gasteiger partial charge >= 0.3 is 12.2 Å². The van der Waals surface area contributed by atoms with E-state index in [2.05, 4.69) is 11.4 Å². The van der Waals surface area contributed by atoms with Gasteiger partial charge in [-0.2, -0.15) is 14.9 Å². The number of thioether (sulfide) groups is 1. The van der Waals surface area contributed by atoms with E-state index in [4.69, 9.17) is 14.3 Å². The van der Waals surface area contributed by atoms with E-state index in [0.717, 1.165) is 22.4 Å². The second-order valence-electron chi connectivity index (χ2n) is 11.3. The molecule has 2 aliphatic rings. The minimum Gasteiger partial charge on any atom is -0.444 e. The summed E-state index contributed by atoms with van der Waals surface area (Å²) in [5.41, 5.74) is 5.03. The van der Waals surface area contributed by atoms with Crippen molar-refractivity contribution < 1.29 is 24.0 Å². The van der Waals surface area contributed by atoms with Gasteiger partial charge in [-0.1, -0.05) is 36.8 Å². The quantitative estimate of drug-likeness (QED) is 0.302. The number of nitriles is 1. The molecule has 44 heavy (non-hydrogen) atoms. The van der Waals surface area contributed by atoms with Crippen LogP contribution in [0.5, 0.6) is 0 Å². The second kappa shape index (κ2) is 14.7. The molecule has 1 unspecified atom stereocenters. The molecule has 1 amide bonds. The molecule has 2 aliphatic heterocycles. The van der Waals surface area contributed by atoms with Crippen LogP contribution in [0.1, 0.15) is 56.7 Å². The van der Waals surface area contributed by atoms with Crippen LogP contribution in [0.15, 0.2) is 58.6 Å². The van der Waals surface area contributed by atoms with Crippen LogP contribution in [0.25, 0.3) is 5.70 Å². The molecule has 1 saturated heterocycles. The molecule has 2 aromatic carbocycles. The summed E-state index contributed by atoms with van der Waals surface area (Å²) >= 11 is 1.43. The molecular formula is C32H37N5O6S. The highest BCUT2D eigenvalue weighted by atomic mass is 32.2. The number of nitrogens with one attached hydrogen (secondary N) is 1. The molecule has 4 rings (SSSR count). The third-order valence-electron chi connectivity index (χ3n) is 7.31. The number of benzene rings is 2. The van der Waals surface area contributed by atoms with E-state index < -0.39 is 11.5 Å². The van der Waals surface area contributed by atoms with E-state index in [1.165, 1.54) is 11.8 Å². The summed E-state index contributed by atoms with van der Waals surface area (Å²) in [6.45, 7) is 11.5. The third kappa shape index (κ3) is 7.86. The Hall–Kier alpha value is -4.59. The normalized spacial score (nSPS) is 16.7. The fraction of sp³-hybridized carbons (Fsp3) is 0.406. The van der Waals surface area contributed by atoms with Gasteiger partial charge in [0.05, 0.1) is 27.5 Å². The number of carbonyl (C=O) groups is 1. The van der Waals surface area contributed by atoms with Crippen LogP contribution in [0.3, 0.4) is 0 Å². The zero-order chi connectivity index (χ0) is 32.6. The van der Waals surface area contributed by atoms with Gasteiger partial charge in [-0.3, -0.25) is 10.1 Å². The van der Waals surface area contributed by atoms with E-state index in [0.29, 0.717) is 54.5 Å². The Kier molecular flexibility index (Phi) is 11.4. The highest BCUT2D eigenvalue weighted by Crippen LogP contribution is 2.47. The van der Waals surface area contributed by atoms with Gasteiger partial charge in [0.15, 0.2) is 0 Å². The van der Waals surface area contributed by atoms with Crippen LogP contribution >= 0.6 is 11.8 Å². The first-order valence-electron chi connectivity index (χ1n) is 14.1. The number of anilines is 1. The van der Waals surface area contributed by atoms with Crippen molar-refractivity contribution in [2.45, 2.75) is 52.6 Å². The summed E-state index contributed by atoms with van der Waals surface area (Å²) in [4.78, 5) is 44.6. The van der Waals surface area contributed by atoms with Gasteiger partial charge in [0.25, 0.3) is 5.69 Å². The zero-order valence-electron chi connectivity index (χ0n) is 25.8. The molecule has 1 fully saturated rings. The molecule has 0 aliphatic carbocycles. The monoisotopic (exact) mass is 619 g/mol. The number of amides is 1. The molecule has 0 spiro atoms. The maximum Gasteiger partial charge on any atom is 0.410 e. The van der Waals surface area contributed by atoms with E-state index in [1.54, 1.807) is 17.0 Å². The molecule has 0 aromatic heterocycles. The number of aryl methyl sites for hydroxylation is 1. The number of hydrogen-bond acceptors (Lipinski definition) is 10. The Morgan fingerprint density at radius 2 is 1.75 bits per heavy atom. The Morgan fingerprint density at radius 1 is 1.14 bits per heavy atom. The van der Waals surface area contributed by atoms with Gasteiger partial charge in [-0.25, -0.2) is 4.79 Å². The van der Waals surface area contributed by atoms with Crippen LogP contribution in [-0.2, 0) is 14.3 Å². The smallest absolute Gasteiger partial charge is 0.410 e. The van der Waals surface area contributed by atoms with Gasteiger partial charge in [-0.15, -0.1) is 11.8 Å². The first kappa shape index (κ1) is 33.9. The fourth-order valence-electron chi connectivity index (χ4n) is 5.29. The summed E-state index contributed by atoms with van der Waals surface area (Å²) in [6.07, 6.45) is 2.40. The van der Waals surface area contributed by atoms with Crippen molar-refractivity contribution in [3.8, 4) is 6.07 Å². The van der Waals surface area contributed by atoms with E-state index in [1.807, 2.05) is 76.1 Å². The number of nitro benzene ring substituents is 1. The maximum atomic E-state index is 12.5. The van der Waals surface area contributed by atoms with Crippen LogP contribution in [0.2, 0.25) is 0 Å². The number of allylic oxidation sites excluding steroid dienone is 2. The summed E-state index contributed by atoms with van der Waals surface area (Å²) in [5, 5.41) is 26.9. The summed E-state index contributed by atoms with van der Waals surface area (Å²) in [6, 6.07) is 15.8. The first-order chi connectivity index (χ1) is 20.9. The number of rotatable bonds is 6. The second-order valence-corrected chi connectivity index (χ2v) is 12.1. The van der Waals surface area contributed by atoms with E-state index in [9.17, 15) is 20.2 Å². The topological polar surface area (TPSA) is 146 Å². The lowest BCUT2D eigenvalue weighted by Gasteiger charge is -2.37. The van der Waals surface area contributed by atoms with Gasteiger partial charge in [-0.05, 0) is 63.6 Å². The lowest BCUT2D eigenvalue weighted by Crippen LogP contribution is -2.50. The molecule has 11 nitrogen and oxygen atoms in total. The highest BCUT2D eigenvalue weighted by molar-refractivity contribution is 8.02. The molecule has 1 atom stereocenters. The molecule has 0 radical (unpaired) electrons. The number of nitro groups is 1. The SMILES string of the molecule is CCC1=C(c2ccc(C)cc2)NC(SC)=C(C#N)C1c1ccc(N2CCN(C(=O)OC(C)(C)C)CC2)cc1[N+](=O)[O-].O=C=O. The fourth-order valence-corrected chi connectivity index (χ4v) is 5.88. The van der Waals surface area contributed by atoms with Crippen LogP contribution < -0.4 is 10.2 Å². The highest BCUT2D eigenvalue weighted by Gasteiger charge is 2.36. The van der Waals surface area contributed by atoms with E-state index in [-0.39, 0.29) is 22.9 Å². The molecule has 2 aromatic rings. The average molecular weight is 620 g/mol. The standard InChI is InChI=1S/C31H37N5O4S.CO2/c1-7-23-27(25(19-32)29(41-6)33-28(23)21-10-8-20(2)9-11-21)24-13-12-22(18-26(24)36(38)39)34-14-16-35(17-15-34)30(37)40-31(3,4)5;2-1-3/h8-13,18,27,33H,7,14-17H2,1-6H3;. The van der Waals surface area contributed by atoms with Gasteiger partial charge < -0.3 is 19.9 Å². The maximum absolute atomic E-state index is 12.5. The van der Waals surface area contributed by atoms with Crippen molar-refractivity contribution in [1.82, 2.24) is 10.2 Å². The Bertz CT molecular complexity index is 1520. The van der Waals surface area contributed by atoms with Crippen molar-refractivity contribution in [2.24, 2.45) is 0 Å². The Balaban J connectivity index is 0.00000169. The summed E-state index contributed by atoms with van der Waals surface area (Å²) < 4.78 is 5.49.